The van der Waals surface area contributed by atoms with Gasteiger partial charge in [0.1, 0.15) is 11.9 Å². The number of benzene rings is 1. The Bertz CT molecular complexity index is 462. The van der Waals surface area contributed by atoms with Gasteiger partial charge in [-0.15, -0.1) is 0 Å². The van der Waals surface area contributed by atoms with Crippen LogP contribution in [0.25, 0.3) is 0 Å². The number of para-hydroxylation sites is 1. The normalized spacial score (nSPS) is 29.1. The van der Waals surface area contributed by atoms with E-state index in [0.29, 0.717) is 5.92 Å². The Morgan fingerprint density at radius 1 is 1.30 bits per heavy atom. The number of aliphatic hydroxyl groups is 1. The fourth-order valence-corrected chi connectivity index (χ4v) is 3.95. The Balaban J connectivity index is 1.79. The number of hydrogen-bond acceptors (Lipinski definition) is 2. The summed E-state index contributed by atoms with van der Waals surface area (Å²) in [6.45, 7) is 4.47. The molecule has 20 heavy (non-hydrogen) atoms. The number of ether oxygens (including phenoxy) is 1. The molecule has 3 unspecified atom stereocenters. The second-order valence-electron chi connectivity index (χ2n) is 6.65. The van der Waals surface area contributed by atoms with Crippen LogP contribution in [0.3, 0.4) is 0 Å². The zero-order valence-electron chi connectivity index (χ0n) is 12.6. The van der Waals surface area contributed by atoms with Gasteiger partial charge in [0.25, 0.3) is 0 Å². The maximum atomic E-state index is 10.2. The van der Waals surface area contributed by atoms with Crippen LogP contribution in [0.4, 0.5) is 0 Å². The molecular formula is C18H26O2. The SMILES string of the molecule is CCC(C)c1ccccc1OC1CC(O)C12CCCC2. The molecule has 2 nitrogen and oxygen atoms in total. The van der Waals surface area contributed by atoms with E-state index in [0.717, 1.165) is 31.4 Å². The van der Waals surface area contributed by atoms with Crippen molar-refractivity contribution in [3.8, 4) is 5.75 Å². The Morgan fingerprint density at radius 2 is 2.00 bits per heavy atom. The molecule has 3 atom stereocenters. The van der Waals surface area contributed by atoms with Crippen molar-refractivity contribution >= 4 is 0 Å². The summed E-state index contributed by atoms with van der Waals surface area (Å²) in [4.78, 5) is 0. The van der Waals surface area contributed by atoms with Crippen LogP contribution in [-0.2, 0) is 0 Å². The second-order valence-corrected chi connectivity index (χ2v) is 6.65. The molecule has 2 aliphatic rings. The zero-order chi connectivity index (χ0) is 14.2. The van der Waals surface area contributed by atoms with Gasteiger partial charge in [0.2, 0.25) is 0 Å². The first kappa shape index (κ1) is 13.9. The van der Waals surface area contributed by atoms with Gasteiger partial charge in [-0.25, -0.2) is 0 Å². The summed E-state index contributed by atoms with van der Waals surface area (Å²) in [7, 11) is 0. The summed E-state index contributed by atoms with van der Waals surface area (Å²) < 4.78 is 6.35. The topological polar surface area (TPSA) is 29.5 Å². The van der Waals surface area contributed by atoms with Crippen molar-refractivity contribution in [3.63, 3.8) is 0 Å². The Kier molecular flexibility index (Phi) is 3.76. The smallest absolute Gasteiger partial charge is 0.123 e. The van der Waals surface area contributed by atoms with E-state index in [4.69, 9.17) is 4.74 Å². The average molecular weight is 274 g/mol. The van der Waals surface area contributed by atoms with Crippen LogP contribution in [-0.4, -0.2) is 17.3 Å². The molecule has 0 amide bonds. The van der Waals surface area contributed by atoms with Crippen LogP contribution in [0.1, 0.15) is 63.9 Å². The van der Waals surface area contributed by atoms with Gasteiger partial charge in [0, 0.05) is 11.8 Å². The number of rotatable bonds is 4. The first-order valence-corrected chi connectivity index (χ1v) is 8.11. The molecule has 0 aromatic heterocycles. The minimum Gasteiger partial charge on any atom is -0.489 e. The monoisotopic (exact) mass is 274 g/mol. The average Bonchev–Trinajstić information content (AvgIpc) is 2.99. The maximum Gasteiger partial charge on any atom is 0.123 e. The van der Waals surface area contributed by atoms with Crippen LogP contribution in [0.15, 0.2) is 24.3 Å². The van der Waals surface area contributed by atoms with Crippen LogP contribution in [0.2, 0.25) is 0 Å². The largest absolute Gasteiger partial charge is 0.489 e. The van der Waals surface area contributed by atoms with Gasteiger partial charge in [-0.1, -0.05) is 44.9 Å². The molecule has 0 radical (unpaired) electrons. The van der Waals surface area contributed by atoms with Crippen LogP contribution in [0.5, 0.6) is 5.75 Å². The lowest BCUT2D eigenvalue weighted by Crippen LogP contribution is -2.58. The fraction of sp³-hybridized carbons (Fsp3) is 0.667. The molecule has 1 spiro atoms. The quantitative estimate of drug-likeness (QED) is 0.888. The highest BCUT2D eigenvalue weighted by Gasteiger charge is 2.57. The molecule has 0 bridgehead atoms. The van der Waals surface area contributed by atoms with Gasteiger partial charge in [0.05, 0.1) is 6.10 Å². The molecule has 1 N–H and O–H groups in total. The highest BCUT2D eigenvalue weighted by atomic mass is 16.5. The summed E-state index contributed by atoms with van der Waals surface area (Å²) in [5.74, 6) is 1.56. The van der Waals surface area contributed by atoms with E-state index in [1.54, 1.807) is 0 Å². The molecule has 2 heteroatoms. The van der Waals surface area contributed by atoms with Crippen molar-refractivity contribution < 1.29 is 9.84 Å². The fourth-order valence-electron chi connectivity index (χ4n) is 3.95. The molecule has 2 aliphatic carbocycles. The zero-order valence-corrected chi connectivity index (χ0v) is 12.6. The first-order chi connectivity index (χ1) is 9.67. The standard InChI is InChI=1S/C18H26O2/c1-3-13(2)14-8-4-5-9-15(14)20-17-12-16(19)18(17)10-6-7-11-18/h4-5,8-9,13,16-17,19H,3,6-7,10-12H2,1-2H3. The van der Waals surface area contributed by atoms with Gasteiger partial charge in [-0.2, -0.15) is 0 Å². The summed E-state index contributed by atoms with van der Waals surface area (Å²) in [6.07, 6.45) is 6.73. The Labute approximate surface area is 122 Å². The minimum atomic E-state index is -0.147. The van der Waals surface area contributed by atoms with E-state index in [2.05, 4.69) is 38.1 Å². The summed E-state index contributed by atoms with van der Waals surface area (Å²) in [5.41, 5.74) is 1.37. The van der Waals surface area contributed by atoms with Crippen LogP contribution >= 0.6 is 0 Å². The third-order valence-corrected chi connectivity index (χ3v) is 5.61. The molecule has 2 fully saturated rings. The summed E-state index contributed by atoms with van der Waals surface area (Å²) in [6, 6.07) is 8.42. The van der Waals surface area contributed by atoms with Gasteiger partial charge in [-0.3, -0.25) is 0 Å². The van der Waals surface area contributed by atoms with Crippen molar-refractivity contribution in [1.82, 2.24) is 0 Å². The van der Waals surface area contributed by atoms with Crippen molar-refractivity contribution in [2.45, 2.75) is 70.5 Å². The van der Waals surface area contributed by atoms with E-state index in [-0.39, 0.29) is 17.6 Å². The third-order valence-electron chi connectivity index (χ3n) is 5.61. The summed E-state index contributed by atoms with van der Waals surface area (Å²) >= 11 is 0. The highest BCUT2D eigenvalue weighted by Crippen LogP contribution is 2.55. The van der Waals surface area contributed by atoms with Gasteiger partial charge < -0.3 is 9.84 Å². The van der Waals surface area contributed by atoms with E-state index < -0.39 is 0 Å². The van der Waals surface area contributed by atoms with Crippen molar-refractivity contribution in [2.75, 3.05) is 0 Å². The molecule has 0 saturated heterocycles. The van der Waals surface area contributed by atoms with Crippen LogP contribution in [0, 0.1) is 5.41 Å². The molecule has 0 heterocycles. The molecule has 1 aromatic rings. The minimum absolute atomic E-state index is 0.0581. The molecule has 3 rings (SSSR count). The Hall–Kier alpha value is -1.02. The molecule has 0 aliphatic heterocycles. The van der Waals surface area contributed by atoms with E-state index >= 15 is 0 Å². The maximum absolute atomic E-state index is 10.2. The number of hydrogen-bond donors (Lipinski definition) is 1. The van der Waals surface area contributed by atoms with E-state index in [1.807, 2.05) is 0 Å². The van der Waals surface area contributed by atoms with Gasteiger partial charge >= 0.3 is 0 Å². The van der Waals surface area contributed by atoms with E-state index in [9.17, 15) is 5.11 Å². The second kappa shape index (κ2) is 5.40. The number of aliphatic hydroxyl groups excluding tert-OH is 1. The Morgan fingerprint density at radius 3 is 2.65 bits per heavy atom. The molecule has 2 saturated carbocycles. The van der Waals surface area contributed by atoms with Crippen LogP contribution < -0.4 is 4.74 Å². The predicted octanol–water partition coefficient (Wildman–Crippen LogP) is 4.27. The van der Waals surface area contributed by atoms with Crippen molar-refractivity contribution in [1.29, 1.82) is 0 Å². The third kappa shape index (κ3) is 2.14. The predicted molar refractivity (Wildman–Crippen MR) is 81.1 cm³/mol. The van der Waals surface area contributed by atoms with Crippen molar-refractivity contribution in [3.05, 3.63) is 29.8 Å². The lowest BCUT2D eigenvalue weighted by molar-refractivity contribution is -0.152. The van der Waals surface area contributed by atoms with Gasteiger partial charge in [0.15, 0.2) is 0 Å². The summed E-state index contributed by atoms with van der Waals surface area (Å²) in [5, 5.41) is 10.2. The molecular weight excluding hydrogens is 248 g/mol. The first-order valence-electron chi connectivity index (χ1n) is 8.11. The van der Waals surface area contributed by atoms with Crippen molar-refractivity contribution in [2.24, 2.45) is 5.41 Å². The molecule has 110 valence electrons. The molecule has 1 aromatic carbocycles. The lowest BCUT2D eigenvalue weighted by Gasteiger charge is -2.51. The van der Waals surface area contributed by atoms with E-state index in [1.165, 1.54) is 18.4 Å². The lowest BCUT2D eigenvalue weighted by atomic mass is 9.62. The van der Waals surface area contributed by atoms with Gasteiger partial charge in [-0.05, 0) is 36.8 Å². The highest BCUT2D eigenvalue weighted by molar-refractivity contribution is 5.36.